The summed E-state index contributed by atoms with van der Waals surface area (Å²) < 4.78 is 5.53. The van der Waals surface area contributed by atoms with Crippen LogP contribution in [0.2, 0.25) is 0 Å². The number of ether oxygens (including phenoxy) is 1. The second-order valence-electron chi connectivity index (χ2n) is 4.35. The summed E-state index contributed by atoms with van der Waals surface area (Å²) in [6, 6.07) is 4.02. The lowest BCUT2D eigenvalue weighted by atomic mass is 10.1. The van der Waals surface area contributed by atoms with Crippen molar-refractivity contribution in [1.29, 1.82) is 5.26 Å². The normalized spacial score (nSPS) is 23.4. The largest absolute Gasteiger partial charge is 0.376 e. The third-order valence-electron chi connectivity index (χ3n) is 3.11. The van der Waals surface area contributed by atoms with Gasteiger partial charge in [-0.1, -0.05) is 0 Å². The standard InChI is InChI=1S/C12H16N4O/c1-8-6-10(7-13)15-12(14-8)16(3)11-4-5-17-9(11)2/h6,9,11H,4-5H2,1-3H3. The van der Waals surface area contributed by atoms with E-state index in [9.17, 15) is 0 Å². The van der Waals surface area contributed by atoms with Gasteiger partial charge in [-0.15, -0.1) is 0 Å². The molecule has 0 amide bonds. The van der Waals surface area contributed by atoms with Crippen molar-refractivity contribution in [2.75, 3.05) is 18.6 Å². The zero-order valence-electron chi connectivity index (χ0n) is 10.3. The van der Waals surface area contributed by atoms with Crippen LogP contribution in [0.5, 0.6) is 0 Å². The number of aryl methyl sites for hydroxylation is 1. The molecule has 0 aromatic carbocycles. The van der Waals surface area contributed by atoms with Gasteiger partial charge in [0.25, 0.3) is 0 Å². The van der Waals surface area contributed by atoms with Crippen molar-refractivity contribution >= 4 is 5.95 Å². The van der Waals surface area contributed by atoms with Gasteiger partial charge < -0.3 is 9.64 Å². The highest BCUT2D eigenvalue weighted by Gasteiger charge is 2.29. The smallest absolute Gasteiger partial charge is 0.226 e. The van der Waals surface area contributed by atoms with Crippen LogP contribution < -0.4 is 4.90 Å². The van der Waals surface area contributed by atoms with E-state index in [1.54, 1.807) is 6.07 Å². The molecule has 1 aliphatic rings. The Bertz CT molecular complexity index is 454. The van der Waals surface area contributed by atoms with E-state index in [1.165, 1.54) is 0 Å². The lowest BCUT2D eigenvalue weighted by Gasteiger charge is -2.26. The minimum atomic E-state index is 0.176. The van der Waals surface area contributed by atoms with Crippen LogP contribution in [-0.2, 0) is 4.74 Å². The Hall–Kier alpha value is -1.67. The van der Waals surface area contributed by atoms with E-state index in [1.807, 2.05) is 18.9 Å². The fourth-order valence-electron chi connectivity index (χ4n) is 2.15. The molecular weight excluding hydrogens is 216 g/mol. The summed E-state index contributed by atoms with van der Waals surface area (Å²) in [4.78, 5) is 10.6. The molecule has 2 atom stereocenters. The molecule has 1 aromatic rings. The van der Waals surface area contributed by atoms with E-state index >= 15 is 0 Å². The first-order chi connectivity index (χ1) is 8.11. The Morgan fingerprint density at radius 1 is 1.53 bits per heavy atom. The molecule has 5 nitrogen and oxygen atoms in total. The predicted octanol–water partition coefficient (Wildman–Crippen LogP) is 1.27. The van der Waals surface area contributed by atoms with Crippen LogP contribution in [0.4, 0.5) is 5.95 Å². The van der Waals surface area contributed by atoms with E-state index in [0.717, 1.165) is 18.7 Å². The van der Waals surface area contributed by atoms with Gasteiger partial charge in [0.05, 0.1) is 12.1 Å². The monoisotopic (exact) mass is 232 g/mol. The van der Waals surface area contributed by atoms with Gasteiger partial charge in [0.2, 0.25) is 5.95 Å². The van der Waals surface area contributed by atoms with Gasteiger partial charge in [0, 0.05) is 19.3 Å². The maximum atomic E-state index is 8.90. The van der Waals surface area contributed by atoms with Crippen molar-refractivity contribution in [2.45, 2.75) is 32.4 Å². The summed E-state index contributed by atoms with van der Waals surface area (Å²) in [6.45, 7) is 4.69. The summed E-state index contributed by atoms with van der Waals surface area (Å²) in [5.74, 6) is 0.601. The number of likely N-dealkylation sites (N-methyl/N-ethyl adjacent to an activating group) is 1. The maximum absolute atomic E-state index is 8.90. The molecule has 1 aliphatic heterocycles. The number of nitrogens with zero attached hydrogens (tertiary/aromatic N) is 4. The molecule has 0 saturated carbocycles. The van der Waals surface area contributed by atoms with E-state index in [0.29, 0.717) is 11.6 Å². The molecular formula is C12H16N4O. The molecule has 1 aromatic heterocycles. The van der Waals surface area contributed by atoms with Gasteiger partial charge in [-0.05, 0) is 26.3 Å². The van der Waals surface area contributed by atoms with Gasteiger partial charge in [-0.2, -0.15) is 5.26 Å². The summed E-state index contributed by atoms with van der Waals surface area (Å²) in [7, 11) is 1.95. The van der Waals surface area contributed by atoms with Crippen LogP contribution in [-0.4, -0.2) is 35.8 Å². The number of hydrogen-bond donors (Lipinski definition) is 0. The Balaban J connectivity index is 2.27. The molecule has 5 heteroatoms. The number of rotatable bonds is 2. The van der Waals surface area contributed by atoms with Crippen LogP contribution in [0.3, 0.4) is 0 Å². The van der Waals surface area contributed by atoms with E-state index in [-0.39, 0.29) is 12.1 Å². The van der Waals surface area contributed by atoms with Gasteiger partial charge in [-0.25, -0.2) is 9.97 Å². The third kappa shape index (κ3) is 2.37. The fraction of sp³-hybridized carbons (Fsp3) is 0.583. The number of aromatic nitrogens is 2. The number of anilines is 1. The Kier molecular flexibility index (Phi) is 3.25. The highest BCUT2D eigenvalue weighted by Crippen LogP contribution is 2.22. The summed E-state index contributed by atoms with van der Waals surface area (Å²) in [6.07, 6.45) is 1.14. The molecule has 0 bridgehead atoms. The van der Waals surface area contributed by atoms with Crippen LogP contribution >= 0.6 is 0 Å². The lowest BCUT2D eigenvalue weighted by molar-refractivity contribution is 0.118. The number of nitriles is 1. The van der Waals surface area contributed by atoms with E-state index in [4.69, 9.17) is 10.00 Å². The first-order valence-electron chi connectivity index (χ1n) is 5.72. The van der Waals surface area contributed by atoms with Gasteiger partial charge >= 0.3 is 0 Å². The molecule has 2 rings (SSSR count). The summed E-state index contributed by atoms with van der Waals surface area (Å²) >= 11 is 0. The number of hydrogen-bond acceptors (Lipinski definition) is 5. The summed E-state index contributed by atoms with van der Waals surface area (Å²) in [5.41, 5.74) is 1.22. The van der Waals surface area contributed by atoms with Gasteiger partial charge in [0.1, 0.15) is 11.8 Å². The quantitative estimate of drug-likeness (QED) is 0.768. The molecule has 0 radical (unpaired) electrons. The van der Waals surface area contributed by atoms with E-state index in [2.05, 4.69) is 23.0 Å². The van der Waals surface area contributed by atoms with Crippen molar-refractivity contribution in [3.05, 3.63) is 17.5 Å². The molecule has 17 heavy (non-hydrogen) atoms. The van der Waals surface area contributed by atoms with Crippen LogP contribution in [0, 0.1) is 18.3 Å². The molecule has 90 valence electrons. The van der Waals surface area contributed by atoms with Crippen molar-refractivity contribution < 1.29 is 4.74 Å². The van der Waals surface area contributed by atoms with Gasteiger partial charge in [0.15, 0.2) is 0 Å². The van der Waals surface area contributed by atoms with Gasteiger partial charge in [-0.3, -0.25) is 0 Å². The SMILES string of the molecule is Cc1cc(C#N)nc(N(C)C2CCOC2C)n1. The molecule has 0 N–H and O–H groups in total. The zero-order chi connectivity index (χ0) is 12.4. The molecule has 2 unspecified atom stereocenters. The topological polar surface area (TPSA) is 62.0 Å². The highest BCUT2D eigenvalue weighted by atomic mass is 16.5. The van der Waals surface area contributed by atoms with Crippen LogP contribution in [0.1, 0.15) is 24.7 Å². The Morgan fingerprint density at radius 3 is 2.88 bits per heavy atom. The highest BCUT2D eigenvalue weighted by molar-refractivity contribution is 5.36. The zero-order valence-corrected chi connectivity index (χ0v) is 10.3. The predicted molar refractivity (Wildman–Crippen MR) is 63.7 cm³/mol. The molecule has 0 spiro atoms. The maximum Gasteiger partial charge on any atom is 0.226 e. The first-order valence-corrected chi connectivity index (χ1v) is 5.72. The summed E-state index contributed by atoms with van der Waals surface area (Å²) in [5, 5.41) is 8.90. The first kappa shape index (κ1) is 11.8. The lowest BCUT2D eigenvalue weighted by Crippen LogP contribution is -2.38. The van der Waals surface area contributed by atoms with Crippen molar-refractivity contribution in [3.8, 4) is 6.07 Å². The minimum Gasteiger partial charge on any atom is -0.376 e. The molecule has 2 heterocycles. The minimum absolute atomic E-state index is 0.176. The molecule has 0 aliphatic carbocycles. The second-order valence-corrected chi connectivity index (χ2v) is 4.35. The second kappa shape index (κ2) is 4.68. The van der Waals surface area contributed by atoms with Crippen LogP contribution in [0.15, 0.2) is 6.07 Å². The Morgan fingerprint density at radius 2 is 2.29 bits per heavy atom. The van der Waals surface area contributed by atoms with Crippen molar-refractivity contribution in [2.24, 2.45) is 0 Å². The average Bonchev–Trinajstić information content (AvgIpc) is 2.73. The Labute approximate surface area is 101 Å². The average molecular weight is 232 g/mol. The molecule has 1 saturated heterocycles. The van der Waals surface area contributed by atoms with Crippen LogP contribution in [0.25, 0.3) is 0 Å². The van der Waals surface area contributed by atoms with Crippen molar-refractivity contribution in [3.63, 3.8) is 0 Å². The van der Waals surface area contributed by atoms with E-state index < -0.39 is 0 Å². The van der Waals surface area contributed by atoms with Crippen molar-refractivity contribution in [1.82, 2.24) is 9.97 Å². The third-order valence-corrected chi connectivity index (χ3v) is 3.11. The fourth-order valence-corrected chi connectivity index (χ4v) is 2.15. The molecule has 1 fully saturated rings.